The van der Waals surface area contributed by atoms with Crippen LogP contribution >= 0.6 is 0 Å². The summed E-state index contributed by atoms with van der Waals surface area (Å²) >= 11 is 0. The molecule has 0 aliphatic carbocycles. The molecule has 0 saturated heterocycles. The molecular weight excluding hydrogens is 552 g/mol. The molecule has 1 unspecified atom stereocenters. The highest BCUT2D eigenvalue weighted by molar-refractivity contribution is 6.20. The van der Waals surface area contributed by atoms with E-state index in [1.54, 1.807) is 35.9 Å². The number of H-pyrrole nitrogens is 1. The number of aromatic nitrogens is 5. The molecule has 0 radical (unpaired) electrons. The van der Waals surface area contributed by atoms with Crippen molar-refractivity contribution in [3.8, 4) is 5.75 Å². The highest BCUT2D eigenvalue weighted by Gasteiger charge is 2.44. The zero-order valence-corrected chi connectivity index (χ0v) is 23.9. The van der Waals surface area contributed by atoms with Crippen molar-refractivity contribution >= 4 is 40.7 Å². The van der Waals surface area contributed by atoms with E-state index in [-0.39, 0.29) is 5.78 Å². The van der Waals surface area contributed by atoms with Crippen molar-refractivity contribution in [2.24, 2.45) is 9.98 Å². The van der Waals surface area contributed by atoms with Gasteiger partial charge in [-0.2, -0.15) is 14.6 Å². The first-order valence-corrected chi connectivity index (χ1v) is 14.2. The van der Waals surface area contributed by atoms with Gasteiger partial charge in [-0.3, -0.25) is 4.79 Å². The highest BCUT2D eigenvalue weighted by atomic mass is 16.5. The molecule has 1 aromatic carbocycles. The number of benzene rings is 1. The van der Waals surface area contributed by atoms with Gasteiger partial charge in [0.15, 0.2) is 5.78 Å². The number of ether oxygens (including phenoxy) is 1. The number of aryl methyl sites for hydroxylation is 1. The molecule has 4 aromatic rings. The summed E-state index contributed by atoms with van der Waals surface area (Å²) in [6, 6.07) is 13.2. The average molecular weight is 579 g/mol. The number of nitrogens with one attached hydrogen (secondary N) is 2. The van der Waals surface area contributed by atoms with Crippen LogP contribution < -0.4 is 20.8 Å². The summed E-state index contributed by atoms with van der Waals surface area (Å²) in [5.41, 5.74) is 5.63. The third kappa shape index (κ3) is 4.44. The standard InChI is InChI=1S/C34H26N8O2/c1-20-13-31(42-33(37-20)35-19-36-42)29-18-34(32(43)21-3-11-28(44-2)12-4-21)17-27-10-9-25(40-27)15-23-6-5-22(38-23)14-24-7-8-26(39-24)16-30(29)41-34/h3-17,19,38,41H,18H2,1-2H3. The van der Waals surface area contributed by atoms with E-state index in [9.17, 15) is 4.79 Å². The molecule has 8 rings (SSSR count). The molecule has 2 N–H and O–H groups in total. The Morgan fingerprint density at radius 1 is 0.932 bits per heavy atom. The second-order valence-corrected chi connectivity index (χ2v) is 11.0. The van der Waals surface area contributed by atoms with Crippen molar-refractivity contribution in [2.75, 3.05) is 7.11 Å². The van der Waals surface area contributed by atoms with Crippen LogP contribution in [0, 0.1) is 6.92 Å². The molecule has 3 aromatic heterocycles. The van der Waals surface area contributed by atoms with Gasteiger partial charge >= 0.3 is 0 Å². The second kappa shape index (κ2) is 9.84. The van der Waals surface area contributed by atoms with E-state index < -0.39 is 5.54 Å². The first-order chi connectivity index (χ1) is 21.4. The van der Waals surface area contributed by atoms with Crippen molar-refractivity contribution in [2.45, 2.75) is 18.9 Å². The van der Waals surface area contributed by atoms with Gasteiger partial charge in [-0.15, -0.1) is 0 Å². The SMILES string of the molecule is COc1ccc(C(=O)C23C=C4C=CC(=N4)C=c4ccc([nH]4)=CC4=NC(=CC(=C(c5cc(C)nc6ncnn56)C2)N3)C=C4)cc1. The van der Waals surface area contributed by atoms with E-state index in [0.717, 1.165) is 50.5 Å². The Balaban J connectivity index is 1.37. The first kappa shape index (κ1) is 25.8. The number of fused-ring (bicyclic) bond motifs is 7. The van der Waals surface area contributed by atoms with E-state index in [2.05, 4.69) is 25.4 Å². The third-order valence-corrected chi connectivity index (χ3v) is 7.98. The van der Waals surface area contributed by atoms with Crippen molar-refractivity contribution < 1.29 is 9.53 Å². The molecule has 214 valence electrons. The Bertz CT molecular complexity index is 2240. The van der Waals surface area contributed by atoms with Gasteiger partial charge in [0.2, 0.25) is 0 Å². The minimum Gasteiger partial charge on any atom is -0.497 e. The predicted octanol–water partition coefficient (Wildman–Crippen LogP) is 3.16. The maximum Gasteiger partial charge on any atom is 0.252 e. The Morgan fingerprint density at radius 3 is 2.41 bits per heavy atom. The summed E-state index contributed by atoms with van der Waals surface area (Å²) in [5.74, 6) is 1.06. The lowest BCUT2D eigenvalue weighted by Gasteiger charge is -2.27. The van der Waals surface area contributed by atoms with Crippen LogP contribution in [0.2, 0.25) is 0 Å². The number of rotatable bonds is 4. The number of carbonyl (C=O) groups excluding carboxylic acids is 1. The lowest BCUT2D eigenvalue weighted by molar-refractivity contribution is 0.0909. The zero-order valence-electron chi connectivity index (χ0n) is 23.9. The topological polar surface area (TPSA) is 122 Å². The largest absolute Gasteiger partial charge is 0.497 e. The average Bonchev–Trinajstić information content (AvgIpc) is 3.86. The molecule has 0 spiro atoms. The van der Waals surface area contributed by atoms with Crippen LogP contribution in [-0.2, 0) is 0 Å². The quantitative estimate of drug-likeness (QED) is 0.359. The monoisotopic (exact) mass is 578 g/mol. The molecule has 0 saturated carbocycles. The van der Waals surface area contributed by atoms with Crippen molar-refractivity contribution in [3.63, 3.8) is 0 Å². The van der Waals surface area contributed by atoms with E-state index in [4.69, 9.17) is 14.7 Å². The van der Waals surface area contributed by atoms with Crippen LogP contribution in [0.1, 0.15) is 28.2 Å². The number of Topliss-reactive ketones (excluding diaryl/α,β-unsaturated/α-hetero) is 1. The molecule has 44 heavy (non-hydrogen) atoms. The number of methoxy groups -OCH3 is 1. The number of allylic oxidation sites excluding steroid dienone is 5. The lowest BCUT2D eigenvalue weighted by Crippen LogP contribution is -2.46. The van der Waals surface area contributed by atoms with Gasteiger partial charge < -0.3 is 15.0 Å². The molecule has 4 aliphatic heterocycles. The maximum atomic E-state index is 14.6. The summed E-state index contributed by atoms with van der Waals surface area (Å²) in [7, 11) is 1.61. The highest BCUT2D eigenvalue weighted by Crippen LogP contribution is 2.40. The molecule has 10 heteroatoms. The molecule has 1 atom stereocenters. The van der Waals surface area contributed by atoms with Crippen molar-refractivity contribution in [1.29, 1.82) is 0 Å². The van der Waals surface area contributed by atoms with Gasteiger partial charge in [0, 0.05) is 39.6 Å². The number of aliphatic imine (C=N–C) groups is 2. The minimum atomic E-state index is -1.17. The van der Waals surface area contributed by atoms with Crippen LogP contribution in [0.4, 0.5) is 0 Å². The summed E-state index contributed by atoms with van der Waals surface area (Å²) in [6.07, 6.45) is 17.5. The molecule has 0 fully saturated rings. The number of aromatic amines is 1. The fourth-order valence-electron chi connectivity index (χ4n) is 5.95. The van der Waals surface area contributed by atoms with Crippen molar-refractivity contribution in [1.82, 2.24) is 29.9 Å². The lowest BCUT2D eigenvalue weighted by atomic mass is 9.84. The molecule has 4 aliphatic rings. The van der Waals surface area contributed by atoms with Gasteiger partial charge in [0.05, 0.1) is 35.6 Å². The summed E-state index contributed by atoms with van der Waals surface area (Å²) in [6.45, 7) is 1.92. The Labute approximate surface area is 251 Å². The number of hydrogen-bond acceptors (Lipinski definition) is 8. The third-order valence-electron chi connectivity index (χ3n) is 7.98. The fourth-order valence-corrected chi connectivity index (χ4v) is 5.95. The van der Waals surface area contributed by atoms with Crippen LogP contribution in [0.15, 0.2) is 112 Å². The molecule has 10 nitrogen and oxygen atoms in total. The summed E-state index contributed by atoms with van der Waals surface area (Å²) < 4.78 is 7.07. The van der Waals surface area contributed by atoms with Crippen LogP contribution in [-0.4, -0.2) is 54.4 Å². The van der Waals surface area contributed by atoms with E-state index in [1.165, 1.54) is 6.33 Å². The number of nitrogens with zero attached hydrogens (tertiary/aromatic N) is 6. The molecule has 7 heterocycles. The van der Waals surface area contributed by atoms with Crippen LogP contribution in [0.3, 0.4) is 0 Å². The van der Waals surface area contributed by atoms with Gasteiger partial charge in [0.1, 0.15) is 17.6 Å². The van der Waals surface area contributed by atoms with Gasteiger partial charge in [-0.05, 0) is 98.0 Å². The number of hydrogen-bond donors (Lipinski definition) is 2. The number of carbonyl (C=O) groups is 1. The van der Waals surface area contributed by atoms with Crippen LogP contribution in [0.25, 0.3) is 23.5 Å². The van der Waals surface area contributed by atoms with E-state index in [0.29, 0.717) is 29.2 Å². The van der Waals surface area contributed by atoms with Crippen molar-refractivity contribution in [3.05, 3.63) is 130 Å². The Morgan fingerprint density at radius 2 is 1.66 bits per heavy atom. The smallest absolute Gasteiger partial charge is 0.252 e. The van der Waals surface area contributed by atoms with E-state index >= 15 is 0 Å². The maximum absolute atomic E-state index is 14.6. The van der Waals surface area contributed by atoms with E-state index in [1.807, 2.05) is 73.7 Å². The predicted molar refractivity (Wildman–Crippen MR) is 169 cm³/mol. The minimum absolute atomic E-state index is 0.102. The van der Waals surface area contributed by atoms with Crippen LogP contribution in [0.5, 0.6) is 5.75 Å². The first-order valence-electron chi connectivity index (χ1n) is 14.2. The fraction of sp³-hybridized carbons (Fsp3) is 0.118. The Hall–Kier alpha value is -5.90. The number of ketones is 1. The summed E-state index contributed by atoms with van der Waals surface area (Å²) in [5, 5.41) is 9.97. The normalized spacial score (nSPS) is 20.0. The zero-order chi connectivity index (χ0) is 29.8. The van der Waals surface area contributed by atoms with Gasteiger partial charge in [0.25, 0.3) is 5.78 Å². The van der Waals surface area contributed by atoms with Gasteiger partial charge in [-0.1, -0.05) is 0 Å². The Kier molecular flexibility index (Phi) is 5.77. The second-order valence-electron chi connectivity index (χ2n) is 11.0. The van der Waals surface area contributed by atoms with Gasteiger partial charge in [-0.25, -0.2) is 15.0 Å². The molecule has 8 bridgehead atoms. The molecular formula is C34H26N8O2. The summed E-state index contributed by atoms with van der Waals surface area (Å²) in [4.78, 5) is 36.6. The molecule has 0 amide bonds.